The van der Waals surface area contributed by atoms with E-state index in [4.69, 9.17) is 5.11 Å². The quantitative estimate of drug-likeness (QED) is 0.694. The highest BCUT2D eigenvalue weighted by atomic mass is 16.4. The molecule has 2 rings (SSSR count). The van der Waals surface area contributed by atoms with Crippen molar-refractivity contribution in [3.63, 3.8) is 0 Å². The Kier molecular flexibility index (Phi) is 3.59. The molecule has 19 heavy (non-hydrogen) atoms. The molecule has 6 nitrogen and oxygen atoms in total. The first kappa shape index (κ1) is 13.2. The molecule has 1 saturated carbocycles. The van der Waals surface area contributed by atoms with E-state index in [9.17, 15) is 19.8 Å². The van der Waals surface area contributed by atoms with E-state index < -0.39 is 11.9 Å². The van der Waals surface area contributed by atoms with Crippen LogP contribution < -0.4 is 0 Å². The van der Waals surface area contributed by atoms with Crippen LogP contribution in [0.5, 0.6) is 11.5 Å². The minimum Gasteiger partial charge on any atom is -0.508 e. The molecule has 0 atom stereocenters. The van der Waals surface area contributed by atoms with E-state index >= 15 is 0 Å². The van der Waals surface area contributed by atoms with Crippen LogP contribution in [0.25, 0.3) is 0 Å². The van der Waals surface area contributed by atoms with E-state index in [0.717, 1.165) is 12.8 Å². The van der Waals surface area contributed by atoms with Gasteiger partial charge in [0.2, 0.25) is 0 Å². The van der Waals surface area contributed by atoms with Crippen LogP contribution in [0.1, 0.15) is 29.6 Å². The highest BCUT2D eigenvalue weighted by molar-refractivity contribution is 5.97. The van der Waals surface area contributed by atoms with Crippen molar-refractivity contribution in [1.82, 2.24) is 4.90 Å². The lowest BCUT2D eigenvalue weighted by atomic mass is 10.1. The van der Waals surface area contributed by atoms with Gasteiger partial charge in [-0.05, 0) is 31.0 Å². The largest absolute Gasteiger partial charge is 0.508 e. The van der Waals surface area contributed by atoms with Crippen LogP contribution in [-0.2, 0) is 4.79 Å². The molecule has 0 spiro atoms. The molecule has 0 aliphatic heterocycles. The smallest absolute Gasteiger partial charge is 0.305 e. The number of carbonyl (C=O) groups is 2. The fourth-order valence-electron chi connectivity index (χ4n) is 1.90. The number of nitrogens with zero attached hydrogens (tertiary/aromatic N) is 1. The minimum absolute atomic E-state index is 0.00251. The lowest BCUT2D eigenvalue weighted by Gasteiger charge is -2.22. The fourth-order valence-corrected chi connectivity index (χ4v) is 1.90. The van der Waals surface area contributed by atoms with Crippen LogP contribution in [0.2, 0.25) is 0 Å². The topological polar surface area (TPSA) is 98.1 Å². The fraction of sp³-hybridized carbons (Fsp3) is 0.385. The van der Waals surface area contributed by atoms with Crippen LogP contribution in [-0.4, -0.2) is 44.7 Å². The molecule has 0 bridgehead atoms. The summed E-state index contributed by atoms with van der Waals surface area (Å²) in [6.45, 7) is 0.105. The molecule has 102 valence electrons. The van der Waals surface area contributed by atoms with Gasteiger partial charge in [-0.15, -0.1) is 0 Å². The number of carboxylic acid groups (broad SMARTS) is 1. The van der Waals surface area contributed by atoms with E-state index in [-0.39, 0.29) is 36.1 Å². The van der Waals surface area contributed by atoms with Crippen LogP contribution in [0.4, 0.5) is 0 Å². The van der Waals surface area contributed by atoms with E-state index in [0.29, 0.717) is 0 Å². The number of phenols is 2. The third-order valence-electron chi connectivity index (χ3n) is 3.03. The molecule has 1 aliphatic rings. The second-order valence-electron chi connectivity index (χ2n) is 4.57. The maximum absolute atomic E-state index is 12.3. The Morgan fingerprint density at radius 1 is 1.26 bits per heavy atom. The number of aliphatic carboxylic acids is 1. The molecule has 1 amide bonds. The van der Waals surface area contributed by atoms with Crippen LogP contribution in [0.15, 0.2) is 18.2 Å². The van der Waals surface area contributed by atoms with E-state index in [1.165, 1.54) is 23.1 Å². The molecule has 0 heterocycles. The highest BCUT2D eigenvalue weighted by Gasteiger charge is 2.34. The number of rotatable bonds is 5. The molecule has 1 aliphatic carbocycles. The van der Waals surface area contributed by atoms with E-state index in [1.807, 2.05) is 0 Å². The standard InChI is InChI=1S/C13H15NO5/c15-9-3-4-11(16)10(7-9)13(19)14(8-1-2-8)6-5-12(17)18/h3-4,7-8,15-16H,1-2,5-6H2,(H,17,18). The van der Waals surface area contributed by atoms with Crippen LogP contribution in [0.3, 0.4) is 0 Å². The molecule has 0 unspecified atom stereocenters. The Morgan fingerprint density at radius 3 is 2.53 bits per heavy atom. The maximum atomic E-state index is 12.3. The summed E-state index contributed by atoms with van der Waals surface area (Å²) in [5.74, 6) is -1.75. The van der Waals surface area contributed by atoms with Gasteiger partial charge in [-0.3, -0.25) is 9.59 Å². The van der Waals surface area contributed by atoms with E-state index in [1.54, 1.807) is 0 Å². The second-order valence-corrected chi connectivity index (χ2v) is 4.57. The number of carbonyl (C=O) groups excluding carboxylic acids is 1. The van der Waals surface area contributed by atoms with Gasteiger partial charge in [0.1, 0.15) is 11.5 Å². The first-order chi connectivity index (χ1) is 8.99. The average Bonchev–Trinajstić information content (AvgIpc) is 3.16. The van der Waals surface area contributed by atoms with Gasteiger partial charge in [-0.1, -0.05) is 0 Å². The third kappa shape index (κ3) is 3.15. The summed E-state index contributed by atoms with van der Waals surface area (Å²) >= 11 is 0. The van der Waals surface area contributed by atoms with Gasteiger partial charge in [-0.2, -0.15) is 0 Å². The zero-order valence-corrected chi connectivity index (χ0v) is 10.2. The monoisotopic (exact) mass is 265 g/mol. The predicted molar refractivity (Wildman–Crippen MR) is 66.1 cm³/mol. The maximum Gasteiger partial charge on any atom is 0.305 e. The van der Waals surface area contributed by atoms with Gasteiger partial charge < -0.3 is 20.2 Å². The van der Waals surface area contributed by atoms with Crippen molar-refractivity contribution in [2.75, 3.05) is 6.54 Å². The number of amides is 1. The molecule has 1 fully saturated rings. The summed E-state index contributed by atoms with van der Waals surface area (Å²) < 4.78 is 0. The van der Waals surface area contributed by atoms with Gasteiger partial charge in [-0.25, -0.2) is 0 Å². The number of aromatic hydroxyl groups is 2. The van der Waals surface area contributed by atoms with Gasteiger partial charge >= 0.3 is 5.97 Å². The molecule has 0 aromatic heterocycles. The first-order valence-corrected chi connectivity index (χ1v) is 6.04. The van der Waals surface area contributed by atoms with Crippen molar-refractivity contribution in [3.05, 3.63) is 23.8 Å². The summed E-state index contributed by atoms with van der Waals surface area (Å²) in [6.07, 6.45) is 1.54. The molecule has 1 aromatic rings. The van der Waals surface area contributed by atoms with Crippen molar-refractivity contribution < 1.29 is 24.9 Å². The SMILES string of the molecule is O=C(O)CCN(C(=O)c1cc(O)ccc1O)C1CC1. The van der Waals surface area contributed by atoms with Gasteiger partial charge in [0.05, 0.1) is 12.0 Å². The lowest BCUT2D eigenvalue weighted by Crippen LogP contribution is -2.35. The first-order valence-electron chi connectivity index (χ1n) is 6.04. The summed E-state index contributed by atoms with van der Waals surface area (Å²) in [7, 11) is 0. The van der Waals surface area contributed by atoms with Gasteiger partial charge in [0.15, 0.2) is 0 Å². The minimum atomic E-state index is -0.974. The lowest BCUT2D eigenvalue weighted by molar-refractivity contribution is -0.137. The number of hydrogen-bond acceptors (Lipinski definition) is 4. The molecule has 0 radical (unpaired) electrons. The molecule has 6 heteroatoms. The molecule has 3 N–H and O–H groups in total. The van der Waals surface area contributed by atoms with Crippen molar-refractivity contribution >= 4 is 11.9 Å². The Hall–Kier alpha value is -2.24. The van der Waals surface area contributed by atoms with E-state index in [2.05, 4.69) is 0 Å². The zero-order chi connectivity index (χ0) is 14.0. The van der Waals surface area contributed by atoms with Crippen LogP contribution >= 0.6 is 0 Å². The third-order valence-corrected chi connectivity index (χ3v) is 3.03. The predicted octanol–water partition coefficient (Wildman–Crippen LogP) is 1.18. The summed E-state index contributed by atoms with van der Waals surface area (Å²) in [4.78, 5) is 24.3. The van der Waals surface area contributed by atoms with Gasteiger partial charge in [0.25, 0.3) is 5.91 Å². The highest BCUT2D eigenvalue weighted by Crippen LogP contribution is 2.31. The summed E-state index contributed by atoms with van der Waals surface area (Å²) in [5.41, 5.74) is -0.00251. The Balaban J connectivity index is 2.18. The molecule has 0 saturated heterocycles. The Labute approximate surface area is 109 Å². The number of benzene rings is 1. The van der Waals surface area contributed by atoms with Crippen molar-refractivity contribution in [1.29, 1.82) is 0 Å². The van der Waals surface area contributed by atoms with Crippen LogP contribution in [0, 0.1) is 0 Å². The Morgan fingerprint density at radius 2 is 1.95 bits per heavy atom. The number of hydrogen-bond donors (Lipinski definition) is 3. The van der Waals surface area contributed by atoms with Crippen molar-refractivity contribution in [2.24, 2.45) is 0 Å². The molecule has 1 aromatic carbocycles. The normalized spacial score (nSPS) is 14.1. The molecular weight excluding hydrogens is 250 g/mol. The van der Waals surface area contributed by atoms with Crippen molar-refractivity contribution in [3.8, 4) is 11.5 Å². The number of carboxylic acids is 1. The molecular formula is C13H15NO5. The van der Waals surface area contributed by atoms with Crippen molar-refractivity contribution in [2.45, 2.75) is 25.3 Å². The zero-order valence-electron chi connectivity index (χ0n) is 10.2. The average molecular weight is 265 g/mol. The Bertz CT molecular complexity index is 510. The van der Waals surface area contributed by atoms with Gasteiger partial charge in [0, 0.05) is 12.6 Å². The second kappa shape index (κ2) is 5.17. The summed E-state index contributed by atoms with van der Waals surface area (Å²) in [6, 6.07) is 3.75. The summed E-state index contributed by atoms with van der Waals surface area (Å²) in [5, 5.41) is 27.7. The number of phenolic OH excluding ortho intramolecular Hbond substituents is 2.